The number of pyridine rings is 1. The number of benzene rings is 3. The number of anilines is 1. The van der Waals surface area contributed by atoms with Gasteiger partial charge in [0.05, 0.1) is 24.6 Å². The van der Waals surface area contributed by atoms with Gasteiger partial charge in [0.1, 0.15) is 23.0 Å². The van der Waals surface area contributed by atoms with Crippen LogP contribution in [0, 0.1) is 24.4 Å². The van der Waals surface area contributed by atoms with Crippen LogP contribution in [0.4, 0.5) is 18.9 Å². The summed E-state index contributed by atoms with van der Waals surface area (Å²) in [6.45, 7) is 4.64. The lowest BCUT2D eigenvalue weighted by Gasteiger charge is -2.34. The van der Waals surface area contributed by atoms with Gasteiger partial charge in [0.2, 0.25) is 5.88 Å². The van der Waals surface area contributed by atoms with Gasteiger partial charge in [-0.2, -0.15) is 0 Å². The van der Waals surface area contributed by atoms with Gasteiger partial charge in [0.15, 0.2) is 11.6 Å². The summed E-state index contributed by atoms with van der Waals surface area (Å²) in [5.74, 6) is -3.28. The van der Waals surface area contributed by atoms with Crippen LogP contribution in [0.15, 0.2) is 79.0 Å². The minimum absolute atomic E-state index is 0.0395. The molecule has 1 fully saturated rings. The van der Waals surface area contributed by atoms with Crippen molar-refractivity contribution in [2.75, 3.05) is 51.8 Å². The van der Waals surface area contributed by atoms with Gasteiger partial charge in [-0.25, -0.2) is 18.2 Å². The number of para-hydroxylation sites is 1. The lowest BCUT2D eigenvalue weighted by molar-refractivity contribution is 0.0641. The van der Waals surface area contributed by atoms with Crippen molar-refractivity contribution in [1.29, 1.82) is 0 Å². The van der Waals surface area contributed by atoms with Crippen molar-refractivity contribution in [3.8, 4) is 17.4 Å². The number of methoxy groups -OCH3 is 1. The predicted octanol–water partition coefficient (Wildman–Crippen LogP) is 6.85. The Hall–Kier alpha value is -5.62. The molecule has 5 aromatic rings. The minimum atomic E-state index is -1.41. The highest BCUT2D eigenvalue weighted by Gasteiger charge is 2.26. The van der Waals surface area contributed by atoms with Crippen molar-refractivity contribution in [2.24, 2.45) is 7.05 Å². The molecule has 9 nitrogen and oxygen atoms in total. The van der Waals surface area contributed by atoms with Crippen molar-refractivity contribution < 1.29 is 32.2 Å². The molecule has 1 aliphatic heterocycles. The molecule has 0 N–H and O–H groups in total. The number of ether oxygens (including phenoxy) is 2. The lowest BCUT2D eigenvalue weighted by atomic mass is 10.1. The quantitative estimate of drug-likeness (QED) is 0.158. The third kappa shape index (κ3) is 6.92. The molecule has 12 heteroatoms. The number of amides is 2. The molecule has 0 spiro atoms. The van der Waals surface area contributed by atoms with Gasteiger partial charge in [-0.15, -0.1) is 0 Å². The Morgan fingerprint density at radius 1 is 0.960 bits per heavy atom. The van der Waals surface area contributed by atoms with Gasteiger partial charge in [-0.1, -0.05) is 30.4 Å². The van der Waals surface area contributed by atoms with Crippen LogP contribution in [-0.4, -0.2) is 78.0 Å². The maximum Gasteiger partial charge on any atom is 0.270 e. The van der Waals surface area contributed by atoms with Gasteiger partial charge in [-0.3, -0.25) is 14.5 Å². The normalized spacial score (nSPS) is 13.6. The van der Waals surface area contributed by atoms with E-state index in [9.17, 15) is 22.8 Å². The summed E-state index contributed by atoms with van der Waals surface area (Å²) in [6.07, 6.45) is 5.50. The maximum atomic E-state index is 14.4. The summed E-state index contributed by atoms with van der Waals surface area (Å²) in [5, 5.41) is 0.815. The topological polar surface area (TPSA) is 80.1 Å². The van der Waals surface area contributed by atoms with Gasteiger partial charge < -0.3 is 23.8 Å². The van der Waals surface area contributed by atoms with E-state index in [1.165, 1.54) is 25.4 Å². The number of fused-ring (bicyclic) bond motifs is 1. The number of nitrogens with zero attached hydrogens (tertiary/aromatic N) is 5. The van der Waals surface area contributed by atoms with E-state index in [-0.39, 0.29) is 17.5 Å². The summed E-state index contributed by atoms with van der Waals surface area (Å²) in [7, 11) is 4.87. The molecule has 0 atom stereocenters. The predicted molar refractivity (Wildman–Crippen MR) is 185 cm³/mol. The highest BCUT2D eigenvalue weighted by molar-refractivity contribution is 6.06. The number of piperazine rings is 1. The molecule has 258 valence electrons. The zero-order chi connectivity index (χ0) is 35.5. The third-order valence-corrected chi connectivity index (χ3v) is 8.95. The highest BCUT2D eigenvalue weighted by atomic mass is 19.2. The summed E-state index contributed by atoms with van der Waals surface area (Å²) < 4.78 is 55.7. The van der Waals surface area contributed by atoms with E-state index in [2.05, 4.69) is 22.0 Å². The monoisotopic (exact) mass is 683 g/mol. The third-order valence-electron chi connectivity index (χ3n) is 8.95. The van der Waals surface area contributed by atoms with E-state index in [1.807, 2.05) is 59.0 Å². The van der Waals surface area contributed by atoms with Crippen LogP contribution in [0.5, 0.6) is 17.4 Å². The second-order valence-corrected chi connectivity index (χ2v) is 12.0. The van der Waals surface area contributed by atoms with Crippen molar-refractivity contribution in [2.45, 2.75) is 6.92 Å². The van der Waals surface area contributed by atoms with Crippen LogP contribution in [0.25, 0.3) is 17.0 Å². The van der Waals surface area contributed by atoms with Crippen molar-refractivity contribution in [3.05, 3.63) is 119 Å². The zero-order valence-corrected chi connectivity index (χ0v) is 28.1. The smallest absolute Gasteiger partial charge is 0.270 e. The second-order valence-electron chi connectivity index (χ2n) is 12.0. The molecular formula is C38H36F3N5O4. The summed E-state index contributed by atoms with van der Waals surface area (Å²) in [6, 6.07) is 18.9. The molecule has 1 aliphatic rings. The van der Waals surface area contributed by atoms with Gasteiger partial charge in [0, 0.05) is 74.9 Å². The fourth-order valence-corrected chi connectivity index (χ4v) is 5.92. The fraction of sp³-hybridized carbons (Fsp3) is 0.237. The Labute approximate surface area is 287 Å². The number of halogens is 3. The molecule has 0 saturated carbocycles. The largest absolute Gasteiger partial charge is 0.496 e. The van der Waals surface area contributed by atoms with Crippen LogP contribution < -0.4 is 14.4 Å². The first-order valence-electron chi connectivity index (χ1n) is 16.0. The summed E-state index contributed by atoms with van der Waals surface area (Å²) >= 11 is 0. The number of rotatable bonds is 9. The van der Waals surface area contributed by atoms with E-state index >= 15 is 0 Å². The van der Waals surface area contributed by atoms with Crippen LogP contribution in [0.3, 0.4) is 0 Å². The minimum Gasteiger partial charge on any atom is -0.496 e. The van der Waals surface area contributed by atoms with Gasteiger partial charge in [-0.05, 0) is 49.4 Å². The summed E-state index contributed by atoms with van der Waals surface area (Å²) in [5.41, 5.74) is 1.49. The van der Waals surface area contributed by atoms with Crippen molar-refractivity contribution >= 4 is 34.5 Å². The number of carbonyl (C=O) groups is 2. The standard InChI is InChI=1S/C38H36F3N5O4/c1-24-30(39)22-29(36(41)35(24)40)37(47)43(2)27-11-14-34(42-23-27)50-28-12-13-31-26(20-28)21-32(44(31)3)38(48)46-18-16-45(17-19-46)15-7-9-25-8-5-6-10-33(25)49-4/h5-14,20-23H,15-19H2,1-4H3. The van der Waals surface area contributed by atoms with Crippen LogP contribution in [0.2, 0.25) is 0 Å². The van der Waals surface area contributed by atoms with Gasteiger partial charge in [0.25, 0.3) is 11.8 Å². The fourth-order valence-electron chi connectivity index (χ4n) is 5.92. The van der Waals surface area contributed by atoms with Crippen molar-refractivity contribution in [1.82, 2.24) is 19.4 Å². The second kappa shape index (κ2) is 14.5. The molecule has 3 aromatic carbocycles. The van der Waals surface area contributed by atoms with E-state index in [1.54, 1.807) is 13.2 Å². The number of hydrogen-bond acceptors (Lipinski definition) is 6. The van der Waals surface area contributed by atoms with Crippen LogP contribution >= 0.6 is 0 Å². The lowest BCUT2D eigenvalue weighted by Crippen LogP contribution is -2.48. The molecule has 2 aromatic heterocycles. The molecular weight excluding hydrogens is 647 g/mol. The molecule has 3 heterocycles. The highest BCUT2D eigenvalue weighted by Crippen LogP contribution is 2.29. The molecule has 0 aliphatic carbocycles. The zero-order valence-electron chi connectivity index (χ0n) is 28.1. The molecule has 50 heavy (non-hydrogen) atoms. The molecule has 2 amide bonds. The Bertz CT molecular complexity index is 2090. The Morgan fingerprint density at radius 3 is 2.44 bits per heavy atom. The first kappa shape index (κ1) is 34.3. The Balaban J connectivity index is 1.07. The first-order chi connectivity index (χ1) is 24.0. The number of hydrogen-bond donors (Lipinski definition) is 0. The van der Waals surface area contributed by atoms with Crippen molar-refractivity contribution in [3.63, 3.8) is 0 Å². The van der Waals surface area contributed by atoms with E-state index in [0.717, 1.165) is 53.7 Å². The molecule has 0 bridgehead atoms. The Morgan fingerprint density at radius 2 is 1.72 bits per heavy atom. The van der Waals surface area contributed by atoms with E-state index in [4.69, 9.17) is 9.47 Å². The average molecular weight is 684 g/mol. The molecule has 0 unspecified atom stereocenters. The summed E-state index contributed by atoms with van der Waals surface area (Å²) in [4.78, 5) is 35.9. The number of carbonyl (C=O) groups excluding carboxylic acids is 2. The Kier molecular flexibility index (Phi) is 9.91. The maximum absolute atomic E-state index is 14.4. The number of aryl methyl sites for hydroxylation is 1. The van der Waals surface area contributed by atoms with Crippen LogP contribution in [0.1, 0.15) is 32.0 Å². The molecule has 0 radical (unpaired) electrons. The van der Waals surface area contributed by atoms with Gasteiger partial charge >= 0.3 is 0 Å². The van der Waals surface area contributed by atoms with E-state index in [0.29, 0.717) is 30.6 Å². The SMILES string of the molecule is COc1ccccc1C=CCN1CCN(C(=O)c2cc3cc(Oc4ccc(N(C)C(=O)c5cc(F)c(C)c(F)c5F)cn4)ccc3n2C)CC1. The molecule has 1 saturated heterocycles. The van der Waals surface area contributed by atoms with Crippen LogP contribution in [-0.2, 0) is 7.05 Å². The number of aromatic nitrogens is 2. The van der Waals surface area contributed by atoms with E-state index < -0.39 is 34.5 Å². The molecule has 6 rings (SSSR count). The first-order valence-corrected chi connectivity index (χ1v) is 16.0. The average Bonchev–Trinajstić information content (AvgIpc) is 3.47.